The van der Waals surface area contributed by atoms with Crippen molar-refractivity contribution < 1.29 is 9.53 Å². The molecule has 2 aliphatic heterocycles. The smallest absolute Gasteiger partial charge is 0.244 e. The zero-order valence-corrected chi connectivity index (χ0v) is 20.0. The first-order valence-electron chi connectivity index (χ1n) is 10.7. The van der Waals surface area contributed by atoms with E-state index in [0.717, 1.165) is 43.3 Å². The van der Waals surface area contributed by atoms with Crippen molar-refractivity contribution in [2.24, 2.45) is 11.3 Å². The Morgan fingerprint density at radius 3 is 2.43 bits per heavy atom. The van der Waals surface area contributed by atoms with Crippen molar-refractivity contribution in [3.63, 3.8) is 0 Å². The maximum Gasteiger partial charge on any atom is 0.244 e. The van der Waals surface area contributed by atoms with E-state index in [4.69, 9.17) is 4.74 Å². The van der Waals surface area contributed by atoms with Gasteiger partial charge in [-0.1, -0.05) is 40.2 Å². The average Bonchev–Trinajstić information content (AvgIpc) is 2.67. The summed E-state index contributed by atoms with van der Waals surface area (Å²) in [5.74, 6) is 1.57. The van der Waals surface area contributed by atoms with Gasteiger partial charge in [0, 0.05) is 25.0 Å². The summed E-state index contributed by atoms with van der Waals surface area (Å²) in [5.41, 5.74) is 2.43. The average molecular weight is 409 g/mol. The molecule has 2 aliphatic rings. The molecule has 0 bridgehead atoms. The molecular weight excluding hydrogens is 368 g/mol. The van der Waals surface area contributed by atoms with Crippen molar-refractivity contribution in [1.82, 2.24) is 10.2 Å². The third-order valence-electron chi connectivity index (χ3n) is 7.04. The fraction of sp³-hybridized carbons (Fsp3) is 0.783. The molecule has 0 aromatic rings. The topological polar surface area (TPSA) is 41.6 Å². The van der Waals surface area contributed by atoms with Crippen LogP contribution in [0.4, 0.5) is 0 Å². The van der Waals surface area contributed by atoms with E-state index in [1.807, 2.05) is 13.8 Å². The second-order valence-electron chi connectivity index (χ2n) is 9.51. The molecule has 2 rings (SSSR count). The van der Waals surface area contributed by atoms with Gasteiger partial charge < -0.3 is 10.1 Å². The molecule has 1 saturated heterocycles. The van der Waals surface area contributed by atoms with Crippen LogP contribution in [0.5, 0.6) is 0 Å². The van der Waals surface area contributed by atoms with Gasteiger partial charge in [-0.3, -0.25) is 9.69 Å². The standard InChI is InChI=1S/C23H40N2O2S/c1-9-17-15-28-20(14-19(17)22(4,5)16(2)3)24-21(26)23(6,7)25(8)18-10-12-27-13-11-18/h14,16,18H,9-13,15H2,1-8H3,(H,24,26). The van der Waals surface area contributed by atoms with Crippen LogP contribution in [0.3, 0.4) is 0 Å². The number of likely N-dealkylation sites (N-methyl/N-ethyl adjacent to an activating group) is 1. The Morgan fingerprint density at radius 1 is 1.29 bits per heavy atom. The lowest BCUT2D eigenvalue weighted by Crippen LogP contribution is -2.57. The molecule has 28 heavy (non-hydrogen) atoms. The summed E-state index contributed by atoms with van der Waals surface area (Å²) >= 11 is 1.75. The minimum absolute atomic E-state index is 0.0712. The number of thioether (sulfide) groups is 1. The van der Waals surface area contributed by atoms with Crippen molar-refractivity contribution in [3.05, 3.63) is 22.3 Å². The molecule has 0 aliphatic carbocycles. The van der Waals surface area contributed by atoms with Crippen LogP contribution in [0, 0.1) is 11.3 Å². The summed E-state index contributed by atoms with van der Waals surface area (Å²) in [4.78, 5) is 15.4. The van der Waals surface area contributed by atoms with Crippen LogP contribution >= 0.6 is 11.8 Å². The van der Waals surface area contributed by atoms with Gasteiger partial charge >= 0.3 is 0 Å². The zero-order chi connectivity index (χ0) is 21.1. The summed E-state index contributed by atoms with van der Waals surface area (Å²) in [5, 5.41) is 4.23. The van der Waals surface area contributed by atoms with Crippen molar-refractivity contribution in [3.8, 4) is 0 Å². The number of rotatable bonds is 7. The van der Waals surface area contributed by atoms with Gasteiger partial charge in [0.1, 0.15) is 0 Å². The minimum Gasteiger partial charge on any atom is -0.381 e. The summed E-state index contributed by atoms with van der Waals surface area (Å²) in [7, 11) is 2.07. The molecule has 1 N–H and O–H groups in total. The maximum absolute atomic E-state index is 13.2. The Hall–Kier alpha value is -0.780. The predicted molar refractivity (Wildman–Crippen MR) is 120 cm³/mol. The molecule has 1 fully saturated rings. The minimum atomic E-state index is -0.564. The van der Waals surface area contributed by atoms with E-state index in [9.17, 15) is 4.79 Å². The van der Waals surface area contributed by atoms with Crippen molar-refractivity contribution >= 4 is 17.7 Å². The second-order valence-corrected chi connectivity index (χ2v) is 10.5. The van der Waals surface area contributed by atoms with Gasteiger partial charge in [0.05, 0.1) is 10.6 Å². The zero-order valence-electron chi connectivity index (χ0n) is 19.1. The molecule has 0 radical (unpaired) electrons. The molecular formula is C23H40N2O2S. The monoisotopic (exact) mass is 408 g/mol. The molecule has 0 spiro atoms. The molecule has 0 unspecified atom stereocenters. The Kier molecular flexibility index (Phi) is 7.85. The summed E-state index contributed by atoms with van der Waals surface area (Å²) in [6, 6.07) is 0.393. The quantitative estimate of drug-likeness (QED) is 0.646. The first-order valence-corrected chi connectivity index (χ1v) is 11.7. The highest BCUT2D eigenvalue weighted by Crippen LogP contribution is 2.42. The van der Waals surface area contributed by atoms with Crippen molar-refractivity contribution in [1.29, 1.82) is 0 Å². The molecule has 0 atom stereocenters. The number of ether oxygens (including phenoxy) is 1. The lowest BCUT2D eigenvalue weighted by atomic mass is 9.72. The first kappa shape index (κ1) is 23.5. The van der Waals surface area contributed by atoms with Crippen molar-refractivity contribution in [2.75, 3.05) is 26.0 Å². The van der Waals surface area contributed by atoms with Crippen LogP contribution < -0.4 is 5.32 Å². The van der Waals surface area contributed by atoms with Crippen LogP contribution in [0.1, 0.15) is 67.7 Å². The van der Waals surface area contributed by atoms with Gasteiger partial charge in [-0.05, 0) is 63.1 Å². The maximum atomic E-state index is 13.2. The Balaban J connectivity index is 2.18. The number of hydrogen-bond acceptors (Lipinski definition) is 4. The largest absolute Gasteiger partial charge is 0.381 e. The molecule has 0 aromatic carbocycles. The van der Waals surface area contributed by atoms with Crippen LogP contribution in [0.25, 0.3) is 0 Å². The summed E-state index contributed by atoms with van der Waals surface area (Å²) in [6.07, 6.45) is 5.27. The third-order valence-corrected chi connectivity index (χ3v) is 8.06. The van der Waals surface area contributed by atoms with E-state index >= 15 is 0 Å². The predicted octanol–water partition coefficient (Wildman–Crippen LogP) is 4.97. The molecule has 160 valence electrons. The molecule has 2 heterocycles. The van der Waals surface area contributed by atoms with E-state index in [0.29, 0.717) is 12.0 Å². The van der Waals surface area contributed by atoms with E-state index < -0.39 is 5.54 Å². The van der Waals surface area contributed by atoms with Crippen LogP contribution in [-0.4, -0.2) is 48.4 Å². The van der Waals surface area contributed by atoms with Crippen LogP contribution in [-0.2, 0) is 9.53 Å². The first-order chi connectivity index (χ1) is 13.0. The number of hydrogen-bond donors (Lipinski definition) is 1. The second kappa shape index (κ2) is 9.36. The number of nitrogens with zero attached hydrogens (tertiary/aromatic N) is 1. The van der Waals surface area contributed by atoms with Gasteiger partial charge in [0.2, 0.25) is 5.91 Å². The number of carbonyl (C=O) groups excluding carboxylic acids is 1. The number of nitrogens with one attached hydrogen (secondary N) is 1. The highest BCUT2D eigenvalue weighted by Gasteiger charge is 2.38. The lowest BCUT2D eigenvalue weighted by Gasteiger charge is -2.41. The third kappa shape index (κ3) is 5.03. The van der Waals surface area contributed by atoms with E-state index in [1.54, 1.807) is 11.8 Å². The molecule has 5 heteroatoms. The van der Waals surface area contributed by atoms with Gasteiger partial charge in [-0.2, -0.15) is 0 Å². The van der Waals surface area contributed by atoms with Gasteiger partial charge in [0.15, 0.2) is 0 Å². The normalized spacial score (nSPS) is 20.0. The molecule has 0 aromatic heterocycles. The molecule has 0 saturated carbocycles. The van der Waals surface area contributed by atoms with Gasteiger partial charge in [-0.15, -0.1) is 11.8 Å². The Morgan fingerprint density at radius 2 is 1.89 bits per heavy atom. The molecule has 1 amide bonds. The number of amides is 1. The summed E-state index contributed by atoms with van der Waals surface area (Å²) in [6.45, 7) is 17.0. The van der Waals surface area contributed by atoms with E-state index in [1.165, 1.54) is 11.1 Å². The highest BCUT2D eigenvalue weighted by atomic mass is 32.2. The SMILES string of the molecule is CCC1=C(C(C)(C)C(C)C)C=C(NC(=O)C(C)(C)N(C)C2CCOCC2)SC1. The fourth-order valence-corrected chi connectivity index (χ4v) is 4.84. The highest BCUT2D eigenvalue weighted by molar-refractivity contribution is 8.03. The Labute approximate surface area is 176 Å². The lowest BCUT2D eigenvalue weighted by molar-refractivity contribution is -0.132. The number of carbonyl (C=O) groups is 1. The van der Waals surface area contributed by atoms with E-state index in [2.05, 4.69) is 58.0 Å². The van der Waals surface area contributed by atoms with Crippen LogP contribution in [0.15, 0.2) is 22.3 Å². The van der Waals surface area contributed by atoms with E-state index in [-0.39, 0.29) is 11.3 Å². The summed E-state index contributed by atoms with van der Waals surface area (Å²) < 4.78 is 5.48. The molecule has 4 nitrogen and oxygen atoms in total. The Bertz CT molecular complexity index is 629. The van der Waals surface area contributed by atoms with Gasteiger partial charge in [0.25, 0.3) is 0 Å². The van der Waals surface area contributed by atoms with Crippen LogP contribution in [0.2, 0.25) is 0 Å². The van der Waals surface area contributed by atoms with Gasteiger partial charge in [-0.25, -0.2) is 0 Å². The number of allylic oxidation sites excluding steroid dienone is 2. The fourth-order valence-electron chi connectivity index (χ4n) is 3.79. The van der Waals surface area contributed by atoms with Crippen molar-refractivity contribution in [2.45, 2.75) is 79.3 Å².